The molecule has 5 nitrogen and oxygen atoms in total. The number of carbonyl (C=O) groups is 2. The highest BCUT2D eigenvalue weighted by molar-refractivity contribution is 5.89. The Hall–Kier alpha value is -2.73. The molecular weight excluding hydrogens is 337 g/mol. The molecule has 1 unspecified atom stereocenters. The second-order valence-electron chi connectivity index (χ2n) is 6.21. The highest BCUT2D eigenvalue weighted by Gasteiger charge is 2.25. The van der Waals surface area contributed by atoms with Gasteiger partial charge in [0, 0.05) is 13.0 Å². The van der Waals surface area contributed by atoms with Crippen molar-refractivity contribution in [2.75, 3.05) is 19.7 Å². The monoisotopic (exact) mass is 357 g/mol. The quantitative estimate of drug-likeness (QED) is 0.893. The number of carboxylic acids is 1. The molecule has 2 aromatic rings. The van der Waals surface area contributed by atoms with E-state index in [1.165, 1.54) is 12.1 Å². The van der Waals surface area contributed by atoms with Gasteiger partial charge in [0.05, 0.1) is 18.7 Å². The SMILES string of the molecule is O=C(O)c1ccccc1CCC(=O)N1CCOC(c2ccc(F)cc2)C1. The Bertz CT molecular complexity index is 791. The van der Waals surface area contributed by atoms with Gasteiger partial charge >= 0.3 is 5.97 Å². The summed E-state index contributed by atoms with van der Waals surface area (Å²) in [6.45, 7) is 1.32. The minimum Gasteiger partial charge on any atom is -0.478 e. The molecule has 0 radical (unpaired) electrons. The average molecular weight is 357 g/mol. The molecule has 1 heterocycles. The van der Waals surface area contributed by atoms with Crippen LogP contribution in [0.15, 0.2) is 48.5 Å². The molecule has 1 N–H and O–H groups in total. The lowest BCUT2D eigenvalue weighted by Gasteiger charge is -2.33. The molecule has 1 fully saturated rings. The van der Waals surface area contributed by atoms with E-state index in [0.29, 0.717) is 31.7 Å². The van der Waals surface area contributed by atoms with Crippen LogP contribution in [0.3, 0.4) is 0 Å². The lowest BCUT2D eigenvalue weighted by Crippen LogP contribution is -2.42. The average Bonchev–Trinajstić information content (AvgIpc) is 2.67. The first kappa shape index (κ1) is 18.1. The Balaban J connectivity index is 1.61. The van der Waals surface area contributed by atoms with Gasteiger partial charge in [-0.15, -0.1) is 0 Å². The smallest absolute Gasteiger partial charge is 0.335 e. The fourth-order valence-electron chi connectivity index (χ4n) is 3.10. The number of carboxylic acid groups (broad SMARTS) is 1. The summed E-state index contributed by atoms with van der Waals surface area (Å²) in [7, 11) is 0. The zero-order valence-electron chi connectivity index (χ0n) is 14.2. The number of halogens is 1. The highest BCUT2D eigenvalue weighted by Crippen LogP contribution is 2.23. The minimum absolute atomic E-state index is 0.0411. The molecule has 0 aromatic heterocycles. The van der Waals surface area contributed by atoms with E-state index >= 15 is 0 Å². The van der Waals surface area contributed by atoms with Crippen LogP contribution in [0.25, 0.3) is 0 Å². The third-order valence-corrected chi connectivity index (χ3v) is 4.52. The van der Waals surface area contributed by atoms with Gasteiger partial charge in [0.25, 0.3) is 0 Å². The number of rotatable bonds is 5. The lowest BCUT2D eigenvalue weighted by atomic mass is 10.0. The van der Waals surface area contributed by atoms with Crippen molar-refractivity contribution in [2.24, 2.45) is 0 Å². The van der Waals surface area contributed by atoms with Gasteiger partial charge in [0.2, 0.25) is 5.91 Å². The van der Waals surface area contributed by atoms with E-state index in [0.717, 1.165) is 5.56 Å². The highest BCUT2D eigenvalue weighted by atomic mass is 19.1. The van der Waals surface area contributed by atoms with Gasteiger partial charge in [-0.2, -0.15) is 0 Å². The Morgan fingerprint density at radius 3 is 2.62 bits per heavy atom. The Kier molecular flexibility index (Phi) is 5.63. The molecule has 0 saturated carbocycles. The van der Waals surface area contributed by atoms with Gasteiger partial charge in [-0.1, -0.05) is 30.3 Å². The van der Waals surface area contributed by atoms with Crippen molar-refractivity contribution < 1.29 is 23.8 Å². The molecule has 1 amide bonds. The summed E-state index contributed by atoms with van der Waals surface area (Å²) in [6.07, 6.45) is 0.333. The molecule has 0 spiro atoms. The van der Waals surface area contributed by atoms with E-state index in [1.54, 1.807) is 41.3 Å². The van der Waals surface area contributed by atoms with Gasteiger partial charge in [-0.3, -0.25) is 4.79 Å². The van der Waals surface area contributed by atoms with E-state index in [4.69, 9.17) is 4.74 Å². The van der Waals surface area contributed by atoms with Crippen LogP contribution in [0.5, 0.6) is 0 Å². The number of morpholine rings is 1. The molecular formula is C20H20FNO4. The van der Waals surface area contributed by atoms with Crippen LogP contribution in [0.4, 0.5) is 4.39 Å². The topological polar surface area (TPSA) is 66.8 Å². The van der Waals surface area contributed by atoms with E-state index in [2.05, 4.69) is 0 Å². The van der Waals surface area contributed by atoms with Crippen molar-refractivity contribution in [3.05, 3.63) is 71.0 Å². The fraction of sp³-hybridized carbons (Fsp3) is 0.300. The van der Waals surface area contributed by atoms with Gasteiger partial charge < -0.3 is 14.7 Å². The number of aromatic carboxylic acids is 1. The maximum atomic E-state index is 13.1. The number of hydrogen-bond donors (Lipinski definition) is 1. The Morgan fingerprint density at radius 2 is 1.88 bits per heavy atom. The van der Waals surface area contributed by atoms with Crippen LogP contribution in [0, 0.1) is 5.82 Å². The summed E-state index contributed by atoms with van der Waals surface area (Å²) < 4.78 is 18.8. The second kappa shape index (κ2) is 8.10. The van der Waals surface area contributed by atoms with E-state index < -0.39 is 5.97 Å². The molecule has 1 saturated heterocycles. The largest absolute Gasteiger partial charge is 0.478 e. The number of hydrogen-bond acceptors (Lipinski definition) is 3. The molecule has 1 atom stereocenters. The first-order valence-corrected chi connectivity index (χ1v) is 8.50. The fourth-order valence-corrected chi connectivity index (χ4v) is 3.10. The molecule has 26 heavy (non-hydrogen) atoms. The van der Waals surface area contributed by atoms with Crippen LogP contribution in [-0.2, 0) is 16.0 Å². The maximum absolute atomic E-state index is 13.1. The van der Waals surface area contributed by atoms with Gasteiger partial charge in [0.15, 0.2) is 0 Å². The summed E-state index contributed by atoms with van der Waals surface area (Å²) >= 11 is 0. The van der Waals surface area contributed by atoms with E-state index in [9.17, 15) is 19.1 Å². The van der Waals surface area contributed by atoms with E-state index in [1.807, 2.05) is 0 Å². The number of ether oxygens (including phenoxy) is 1. The van der Waals surface area contributed by atoms with Crippen molar-refractivity contribution in [1.29, 1.82) is 0 Å². The number of aryl methyl sites for hydroxylation is 1. The number of amides is 1. The summed E-state index contributed by atoms with van der Waals surface area (Å²) in [4.78, 5) is 25.5. The first-order valence-electron chi connectivity index (χ1n) is 8.50. The van der Waals surface area contributed by atoms with Crippen LogP contribution in [0.1, 0.15) is 34.0 Å². The first-order chi connectivity index (χ1) is 12.5. The Labute approximate surface area is 151 Å². The van der Waals surface area contributed by atoms with Crippen LogP contribution < -0.4 is 0 Å². The van der Waals surface area contributed by atoms with Gasteiger partial charge in [0.1, 0.15) is 11.9 Å². The number of benzene rings is 2. The molecule has 2 aromatic carbocycles. The maximum Gasteiger partial charge on any atom is 0.335 e. The standard InChI is InChI=1S/C20H20FNO4/c21-16-8-5-15(6-9-16)18-13-22(11-12-26-18)19(23)10-7-14-3-1-2-4-17(14)20(24)25/h1-6,8-9,18H,7,10-13H2,(H,24,25). The third kappa shape index (κ3) is 4.26. The summed E-state index contributed by atoms with van der Waals surface area (Å²) in [5.74, 6) is -1.34. The summed E-state index contributed by atoms with van der Waals surface area (Å²) in [6, 6.07) is 12.8. The molecule has 3 rings (SSSR count). The minimum atomic E-state index is -0.990. The number of carbonyl (C=O) groups excluding carboxylic acids is 1. The van der Waals surface area contributed by atoms with Crippen molar-refractivity contribution >= 4 is 11.9 Å². The zero-order chi connectivity index (χ0) is 18.5. The van der Waals surface area contributed by atoms with Crippen molar-refractivity contribution in [3.63, 3.8) is 0 Å². The molecule has 6 heteroatoms. The van der Waals surface area contributed by atoms with Crippen molar-refractivity contribution in [3.8, 4) is 0 Å². The van der Waals surface area contributed by atoms with Crippen LogP contribution in [0.2, 0.25) is 0 Å². The molecule has 136 valence electrons. The predicted molar refractivity (Wildman–Crippen MR) is 93.4 cm³/mol. The van der Waals surface area contributed by atoms with Gasteiger partial charge in [-0.25, -0.2) is 9.18 Å². The lowest BCUT2D eigenvalue weighted by molar-refractivity contribution is -0.139. The van der Waals surface area contributed by atoms with Crippen LogP contribution >= 0.6 is 0 Å². The Morgan fingerprint density at radius 1 is 1.15 bits per heavy atom. The zero-order valence-corrected chi connectivity index (χ0v) is 14.2. The normalized spacial score (nSPS) is 17.1. The van der Waals surface area contributed by atoms with Gasteiger partial charge in [-0.05, 0) is 35.7 Å². The second-order valence-corrected chi connectivity index (χ2v) is 6.21. The summed E-state index contributed by atoms with van der Waals surface area (Å²) in [5.41, 5.74) is 1.71. The molecule has 1 aliphatic heterocycles. The van der Waals surface area contributed by atoms with E-state index in [-0.39, 0.29) is 29.8 Å². The molecule has 0 bridgehead atoms. The molecule has 1 aliphatic rings. The summed E-state index contributed by atoms with van der Waals surface area (Å²) in [5, 5.41) is 9.22. The molecule has 0 aliphatic carbocycles. The van der Waals surface area contributed by atoms with Crippen molar-refractivity contribution in [1.82, 2.24) is 4.90 Å². The van der Waals surface area contributed by atoms with Crippen LogP contribution in [-0.4, -0.2) is 41.6 Å². The predicted octanol–water partition coefficient (Wildman–Crippen LogP) is 3.06. The third-order valence-electron chi connectivity index (χ3n) is 4.52. The number of nitrogens with zero attached hydrogens (tertiary/aromatic N) is 1. The van der Waals surface area contributed by atoms with Crippen molar-refractivity contribution in [2.45, 2.75) is 18.9 Å².